The quantitative estimate of drug-likeness (QED) is 0.802. The van der Waals surface area contributed by atoms with Crippen molar-refractivity contribution in [3.63, 3.8) is 0 Å². The normalized spacial score (nSPS) is 25.8. The molecule has 114 valence electrons. The lowest BCUT2D eigenvalue weighted by Gasteiger charge is -2.39. The minimum atomic E-state index is -0.0470. The molecule has 2 fully saturated rings. The molecule has 1 aromatic carbocycles. The maximum Gasteiger partial charge on any atom is 0.323 e. The van der Waals surface area contributed by atoms with E-state index < -0.39 is 0 Å². The van der Waals surface area contributed by atoms with Gasteiger partial charge in [-0.1, -0.05) is 23.7 Å². The molecule has 2 saturated heterocycles. The van der Waals surface area contributed by atoms with E-state index in [-0.39, 0.29) is 12.0 Å². The molecule has 0 spiro atoms. The highest BCUT2D eigenvalue weighted by molar-refractivity contribution is 6.30. The lowest BCUT2D eigenvalue weighted by atomic mass is 10.1. The lowest BCUT2D eigenvalue weighted by molar-refractivity contribution is -0.142. The Labute approximate surface area is 130 Å². The molecular weight excluding hydrogens is 288 g/mol. The van der Waals surface area contributed by atoms with Crippen LogP contribution in [-0.2, 0) is 9.53 Å². The Morgan fingerprint density at radius 1 is 1.19 bits per heavy atom. The molecule has 5 heteroatoms. The highest BCUT2D eigenvalue weighted by Gasteiger charge is 2.34. The average Bonchev–Trinajstić information content (AvgIpc) is 2.94. The number of cyclic esters (lactones) is 1. The van der Waals surface area contributed by atoms with Gasteiger partial charge in [0.2, 0.25) is 0 Å². The molecule has 2 heterocycles. The van der Waals surface area contributed by atoms with Crippen molar-refractivity contribution in [2.24, 2.45) is 0 Å². The Morgan fingerprint density at radius 2 is 1.86 bits per heavy atom. The number of hydrogen-bond acceptors (Lipinski definition) is 4. The molecule has 0 aliphatic carbocycles. The molecule has 2 aliphatic heterocycles. The van der Waals surface area contributed by atoms with Crippen molar-refractivity contribution in [2.75, 3.05) is 32.8 Å². The van der Waals surface area contributed by atoms with Gasteiger partial charge in [-0.3, -0.25) is 14.6 Å². The number of carbonyl (C=O) groups is 1. The Hall–Kier alpha value is -1.10. The predicted molar refractivity (Wildman–Crippen MR) is 82.4 cm³/mol. The number of benzene rings is 1. The van der Waals surface area contributed by atoms with Crippen molar-refractivity contribution >= 4 is 17.6 Å². The van der Waals surface area contributed by atoms with Crippen molar-refractivity contribution in [3.05, 3.63) is 34.9 Å². The van der Waals surface area contributed by atoms with Gasteiger partial charge < -0.3 is 4.74 Å². The summed E-state index contributed by atoms with van der Waals surface area (Å²) >= 11 is 5.94. The third-order valence-electron chi connectivity index (χ3n) is 4.60. The first kappa shape index (κ1) is 14.8. The fourth-order valence-corrected chi connectivity index (χ4v) is 3.33. The van der Waals surface area contributed by atoms with Crippen molar-refractivity contribution < 1.29 is 9.53 Å². The highest BCUT2D eigenvalue weighted by Crippen LogP contribution is 2.24. The second-order valence-electron chi connectivity index (χ2n) is 5.77. The molecule has 4 nitrogen and oxygen atoms in total. The highest BCUT2D eigenvalue weighted by atomic mass is 35.5. The number of piperazine rings is 1. The van der Waals surface area contributed by atoms with Gasteiger partial charge in [0.1, 0.15) is 6.04 Å². The maximum atomic E-state index is 11.7. The van der Waals surface area contributed by atoms with E-state index in [9.17, 15) is 4.79 Å². The summed E-state index contributed by atoms with van der Waals surface area (Å²) in [6.07, 6.45) is 0.839. The molecule has 0 unspecified atom stereocenters. The van der Waals surface area contributed by atoms with E-state index in [1.54, 1.807) is 0 Å². The number of hydrogen-bond donors (Lipinski definition) is 0. The van der Waals surface area contributed by atoms with Crippen molar-refractivity contribution in [1.82, 2.24) is 9.80 Å². The van der Waals surface area contributed by atoms with Gasteiger partial charge in [-0.25, -0.2) is 0 Å². The summed E-state index contributed by atoms with van der Waals surface area (Å²) in [6.45, 7) is 6.62. The van der Waals surface area contributed by atoms with Crippen LogP contribution in [0.2, 0.25) is 5.02 Å². The van der Waals surface area contributed by atoms with E-state index in [2.05, 4.69) is 28.9 Å². The Morgan fingerprint density at radius 3 is 2.43 bits per heavy atom. The minimum Gasteiger partial charge on any atom is -0.464 e. The number of carbonyl (C=O) groups excluding carboxylic acids is 1. The summed E-state index contributed by atoms with van der Waals surface area (Å²) in [7, 11) is 0. The van der Waals surface area contributed by atoms with E-state index in [0.717, 1.165) is 37.6 Å². The molecule has 0 amide bonds. The van der Waals surface area contributed by atoms with Crippen LogP contribution in [0.1, 0.15) is 24.9 Å². The molecule has 0 aromatic heterocycles. The van der Waals surface area contributed by atoms with Crippen molar-refractivity contribution in [2.45, 2.75) is 25.4 Å². The van der Waals surface area contributed by atoms with Crippen LogP contribution in [0, 0.1) is 0 Å². The first-order chi connectivity index (χ1) is 10.1. The van der Waals surface area contributed by atoms with Gasteiger partial charge >= 0.3 is 5.97 Å². The molecule has 2 aliphatic rings. The molecule has 0 saturated carbocycles. The molecule has 0 N–H and O–H groups in total. The van der Waals surface area contributed by atoms with Crippen LogP contribution in [-0.4, -0.2) is 54.6 Å². The second kappa shape index (κ2) is 6.34. The summed E-state index contributed by atoms with van der Waals surface area (Å²) in [5.74, 6) is -0.0470. The third-order valence-corrected chi connectivity index (χ3v) is 4.85. The van der Waals surface area contributed by atoms with E-state index in [0.29, 0.717) is 12.6 Å². The predicted octanol–water partition coefficient (Wildman–Crippen LogP) is 2.33. The van der Waals surface area contributed by atoms with Crippen LogP contribution in [0.15, 0.2) is 24.3 Å². The Bertz CT molecular complexity index is 498. The van der Waals surface area contributed by atoms with E-state index >= 15 is 0 Å². The molecule has 0 bridgehead atoms. The molecule has 0 radical (unpaired) electrons. The van der Waals surface area contributed by atoms with Crippen LogP contribution in [0.4, 0.5) is 0 Å². The summed E-state index contributed by atoms with van der Waals surface area (Å²) in [5, 5.41) is 0.774. The number of rotatable bonds is 3. The number of halogens is 1. The molecule has 21 heavy (non-hydrogen) atoms. The van der Waals surface area contributed by atoms with Crippen LogP contribution < -0.4 is 0 Å². The van der Waals surface area contributed by atoms with Gasteiger partial charge in [0.15, 0.2) is 0 Å². The maximum absolute atomic E-state index is 11.7. The largest absolute Gasteiger partial charge is 0.464 e. The Kier molecular flexibility index (Phi) is 4.48. The first-order valence-corrected chi connectivity index (χ1v) is 7.93. The zero-order chi connectivity index (χ0) is 14.8. The van der Waals surface area contributed by atoms with Crippen LogP contribution >= 0.6 is 11.6 Å². The van der Waals surface area contributed by atoms with E-state index in [1.165, 1.54) is 5.56 Å². The fraction of sp³-hybridized carbons (Fsp3) is 0.562. The van der Waals surface area contributed by atoms with Gasteiger partial charge in [0.05, 0.1) is 6.61 Å². The van der Waals surface area contributed by atoms with Gasteiger partial charge in [0.25, 0.3) is 0 Å². The van der Waals surface area contributed by atoms with Gasteiger partial charge in [-0.05, 0) is 24.6 Å². The summed E-state index contributed by atoms with van der Waals surface area (Å²) in [5.41, 5.74) is 1.29. The smallest absolute Gasteiger partial charge is 0.323 e. The summed E-state index contributed by atoms with van der Waals surface area (Å²) in [4.78, 5) is 16.4. The molecule has 2 atom stereocenters. The SMILES string of the molecule is C[C@@H](c1ccc(Cl)cc1)N1CCN([C@@H]2CCOC2=O)CC1. The number of esters is 1. The first-order valence-electron chi connectivity index (χ1n) is 7.55. The standard InChI is InChI=1S/C16H21ClN2O2/c1-12(13-2-4-14(17)5-3-13)18-7-9-19(10-8-18)15-6-11-21-16(15)20/h2-5,12,15H,6-11H2,1H3/t12-,15+/m0/s1. The monoisotopic (exact) mass is 308 g/mol. The summed E-state index contributed by atoms with van der Waals surface area (Å²) in [6, 6.07) is 8.43. The lowest BCUT2D eigenvalue weighted by Crippen LogP contribution is -2.52. The van der Waals surface area contributed by atoms with Gasteiger partial charge in [-0.15, -0.1) is 0 Å². The zero-order valence-corrected chi connectivity index (χ0v) is 13.1. The average molecular weight is 309 g/mol. The third kappa shape index (κ3) is 3.23. The van der Waals surface area contributed by atoms with Crippen LogP contribution in [0.5, 0.6) is 0 Å². The van der Waals surface area contributed by atoms with Crippen LogP contribution in [0.3, 0.4) is 0 Å². The summed E-state index contributed by atoms with van der Waals surface area (Å²) < 4.78 is 5.07. The van der Waals surface area contributed by atoms with Crippen molar-refractivity contribution in [1.29, 1.82) is 0 Å². The van der Waals surface area contributed by atoms with Crippen LogP contribution in [0.25, 0.3) is 0 Å². The van der Waals surface area contributed by atoms with Gasteiger partial charge in [-0.2, -0.15) is 0 Å². The van der Waals surface area contributed by atoms with E-state index in [1.807, 2.05) is 12.1 Å². The van der Waals surface area contributed by atoms with Gasteiger partial charge in [0, 0.05) is 43.7 Å². The zero-order valence-electron chi connectivity index (χ0n) is 12.3. The number of ether oxygens (including phenoxy) is 1. The second-order valence-corrected chi connectivity index (χ2v) is 6.21. The van der Waals surface area contributed by atoms with E-state index in [4.69, 9.17) is 16.3 Å². The topological polar surface area (TPSA) is 32.8 Å². The Balaban J connectivity index is 1.57. The molecule has 3 rings (SSSR count). The molecule has 1 aromatic rings. The van der Waals surface area contributed by atoms with Crippen molar-refractivity contribution in [3.8, 4) is 0 Å². The minimum absolute atomic E-state index is 0.0158. The number of nitrogens with zero attached hydrogens (tertiary/aromatic N) is 2. The fourth-order valence-electron chi connectivity index (χ4n) is 3.21. The molecular formula is C16H21ClN2O2.